The average molecular weight is 201 g/mol. The number of carbonyl (C=O) groups is 1. The highest BCUT2D eigenvalue weighted by Gasteiger charge is 2.10. The van der Waals surface area contributed by atoms with Crippen molar-refractivity contribution in [3.8, 4) is 0 Å². The van der Waals surface area contributed by atoms with Gasteiger partial charge in [0, 0.05) is 12.1 Å². The Morgan fingerprint density at radius 2 is 1.79 bits per heavy atom. The van der Waals surface area contributed by atoms with Crippen molar-refractivity contribution in [3.05, 3.63) is 42.2 Å². The lowest BCUT2D eigenvalue weighted by Crippen LogP contribution is -2.09. The van der Waals surface area contributed by atoms with Crippen LogP contribution >= 0.6 is 0 Å². The molecule has 0 saturated heterocycles. The molecule has 0 atom stereocenters. The fourth-order valence-corrected chi connectivity index (χ4v) is 0.802. The van der Waals surface area contributed by atoms with Crippen molar-refractivity contribution < 1.29 is 18.0 Å². The molecular formula is C9H6F3NO. The molecule has 0 aliphatic heterocycles. The van der Waals surface area contributed by atoms with Gasteiger partial charge in [0.2, 0.25) is 5.91 Å². The van der Waals surface area contributed by atoms with Crippen LogP contribution in [0.2, 0.25) is 0 Å². The monoisotopic (exact) mass is 201 g/mol. The molecule has 0 unspecified atom stereocenters. The zero-order chi connectivity index (χ0) is 10.7. The molecule has 1 aromatic rings. The largest absolute Gasteiger partial charge is 0.320 e. The van der Waals surface area contributed by atoms with E-state index in [2.05, 4.69) is 6.58 Å². The summed E-state index contributed by atoms with van der Waals surface area (Å²) in [5, 5.41) is 1.99. The maximum atomic E-state index is 12.9. The van der Waals surface area contributed by atoms with Crippen molar-refractivity contribution in [1.82, 2.24) is 0 Å². The summed E-state index contributed by atoms with van der Waals surface area (Å²) in [6.45, 7) is 3.12. The predicted octanol–water partition coefficient (Wildman–Crippen LogP) is 2.23. The van der Waals surface area contributed by atoms with Crippen LogP contribution in [0.1, 0.15) is 0 Å². The van der Waals surface area contributed by atoms with Gasteiger partial charge in [0.05, 0.1) is 5.69 Å². The lowest BCUT2D eigenvalue weighted by Gasteiger charge is -2.03. The molecule has 0 heterocycles. The van der Waals surface area contributed by atoms with Gasteiger partial charge in [-0.1, -0.05) is 6.58 Å². The van der Waals surface area contributed by atoms with E-state index in [9.17, 15) is 18.0 Å². The van der Waals surface area contributed by atoms with Crippen molar-refractivity contribution in [1.29, 1.82) is 0 Å². The van der Waals surface area contributed by atoms with Crippen LogP contribution in [0.3, 0.4) is 0 Å². The van der Waals surface area contributed by atoms with Crippen molar-refractivity contribution in [3.63, 3.8) is 0 Å². The highest BCUT2D eigenvalue weighted by Crippen LogP contribution is 2.18. The van der Waals surface area contributed by atoms with E-state index in [1.165, 1.54) is 0 Å². The molecule has 0 aliphatic carbocycles. The Morgan fingerprint density at radius 1 is 1.21 bits per heavy atom. The van der Waals surface area contributed by atoms with Crippen LogP contribution in [0.4, 0.5) is 18.9 Å². The van der Waals surface area contributed by atoms with Gasteiger partial charge in [-0.25, -0.2) is 13.2 Å². The first-order valence-corrected chi connectivity index (χ1v) is 3.62. The smallest absolute Gasteiger partial charge is 0.247 e. The molecule has 5 heteroatoms. The quantitative estimate of drug-likeness (QED) is 0.577. The van der Waals surface area contributed by atoms with Crippen molar-refractivity contribution in [2.75, 3.05) is 5.32 Å². The maximum absolute atomic E-state index is 12.9. The summed E-state index contributed by atoms with van der Waals surface area (Å²) < 4.78 is 37.9. The van der Waals surface area contributed by atoms with Gasteiger partial charge in [-0.15, -0.1) is 0 Å². The van der Waals surface area contributed by atoms with E-state index in [-0.39, 0.29) is 0 Å². The van der Waals surface area contributed by atoms with E-state index in [1.807, 2.05) is 5.32 Å². The van der Waals surface area contributed by atoms with Gasteiger partial charge in [-0.05, 0) is 6.08 Å². The number of hydrogen-bond acceptors (Lipinski definition) is 1. The van der Waals surface area contributed by atoms with Gasteiger partial charge in [0.15, 0.2) is 11.6 Å². The summed E-state index contributed by atoms with van der Waals surface area (Å²) in [6.07, 6.45) is 0.890. The van der Waals surface area contributed by atoms with Crippen LogP contribution in [0, 0.1) is 17.5 Å². The molecular weight excluding hydrogens is 195 g/mol. The first-order chi connectivity index (χ1) is 6.54. The zero-order valence-electron chi connectivity index (χ0n) is 6.98. The summed E-state index contributed by atoms with van der Waals surface area (Å²) in [5.74, 6) is -4.28. The molecule has 0 aliphatic rings. The number of anilines is 1. The molecule has 1 rings (SSSR count). The van der Waals surface area contributed by atoms with Crippen LogP contribution in [-0.2, 0) is 4.79 Å². The molecule has 0 spiro atoms. The Morgan fingerprint density at radius 3 is 2.36 bits per heavy atom. The van der Waals surface area contributed by atoms with Crippen molar-refractivity contribution in [2.24, 2.45) is 0 Å². The van der Waals surface area contributed by atoms with Crippen LogP contribution in [-0.4, -0.2) is 5.91 Å². The molecule has 2 nitrogen and oxygen atoms in total. The van der Waals surface area contributed by atoms with Gasteiger partial charge in [0.25, 0.3) is 0 Å². The fourth-order valence-electron chi connectivity index (χ4n) is 0.802. The third-order valence-corrected chi connectivity index (χ3v) is 1.45. The zero-order valence-corrected chi connectivity index (χ0v) is 6.98. The van der Waals surface area contributed by atoms with Crippen LogP contribution < -0.4 is 5.32 Å². The number of benzene rings is 1. The number of carbonyl (C=O) groups excluding carboxylic acids is 1. The van der Waals surface area contributed by atoms with Gasteiger partial charge in [-0.2, -0.15) is 0 Å². The molecule has 0 saturated carbocycles. The minimum Gasteiger partial charge on any atom is -0.320 e. The van der Waals surface area contributed by atoms with E-state index in [0.717, 1.165) is 6.08 Å². The summed E-state index contributed by atoms with van der Waals surface area (Å²) in [4.78, 5) is 10.7. The van der Waals surface area contributed by atoms with E-state index in [0.29, 0.717) is 12.1 Å². The highest BCUT2D eigenvalue weighted by molar-refractivity contribution is 5.98. The molecule has 1 amide bonds. The molecule has 74 valence electrons. The van der Waals surface area contributed by atoms with E-state index < -0.39 is 29.0 Å². The summed E-state index contributed by atoms with van der Waals surface area (Å²) in [7, 11) is 0. The summed E-state index contributed by atoms with van der Waals surface area (Å²) >= 11 is 0. The number of rotatable bonds is 2. The van der Waals surface area contributed by atoms with Gasteiger partial charge in [0.1, 0.15) is 5.82 Å². The molecule has 0 bridgehead atoms. The Hall–Kier alpha value is -1.78. The summed E-state index contributed by atoms with van der Waals surface area (Å²) in [5.41, 5.74) is -0.422. The van der Waals surface area contributed by atoms with Gasteiger partial charge < -0.3 is 5.32 Å². The molecule has 1 aromatic carbocycles. The Kier molecular flexibility index (Phi) is 2.91. The molecule has 1 N–H and O–H groups in total. The predicted molar refractivity (Wildman–Crippen MR) is 45.1 cm³/mol. The Bertz CT molecular complexity index is 390. The topological polar surface area (TPSA) is 29.1 Å². The van der Waals surface area contributed by atoms with Crippen LogP contribution in [0.15, 0.2) is 24.8 Å². The molecule has 0 aromatic heterocycles. The van der Waals surface area contributed by atoms with Crippen LogP contribution in [0.25, 0.3) is 0 Å². The highest BCUT2D eigenvalue weighted by atomic mass is 19.2. The molecule has 0 radical (unpaired) electrons. The normalized spacial score (nSPS) is 9.64. The number of nitrogens with one attached hydrogen (secondary N) is 1. The lowest BCUT2D eigenvalue weighted by atomic mass is 10.3. The van der Waals surface area contributed by atoms with Gasteiger partial charge >= 0.3 is 0 Å². The second-order valence-corrected chi connectivity index (χ2v) is 2.44. The standard InChI is InChI=1S/C9H6F3NO/c1-2-9(14)13-8-4-6(11)5(10)3-7(8)12/h2-4H,1H2,(H,13,14). The van der Waals surface area contributed by atoms with E-state index in [1.54, 1.807) is 0 Å². The van der Waals surface area contributed by atoms with Crippen LogP contribution in [0.5, 0.6) is 0 Å². The summed E-state index contributed by atoms with van der Waals surface area (Å²) in [6, 6.07) is 0.917. The first kappa shape index (κ1) is 10.3. The number of hydrogen-bond donors (Lipinski definition) is 1. The molecule has 14 heavy (non-hydrogen) atoms. The Balaban J connectivity index is 3.03. The fraction of sp³-hybridized carbons (Fsp3) is 0. The molecule has 0 fully saturated rings. The van der Waals surface area contributed by atoms with E-state index in [4.69, 9.17) is 0 Å². The minimum atomic E-state index is -1.31. The third kappa shape index (κ3) is 2.12. The number of amides is 1. The van der Waals surface area contributed by atoms with E-state index >= 15 is 0 Å². The van der Waals surface area contributed by atoms with Crippen molar-refractivity contribution >= 4 is 11.6 Å². The SMILES string of the molecule is C=CC(=O)Nc1cc(F)c(F)cc1F. The third-order valence-electron chi connectivity index (χ3n) is 1.45. The number of halogens is 3. The average Bonchev–Trinajstić information content (AvgIpc) is 2.14. The maximum Gasteiger partial charge on any atom is 0.247 e. The second kappa shape index (κ2) is 3.95. The lowest BCUT2D eigenvalue weighted by molar-refractivity contribution is -0.111. The Labute approximate surface area is 78.0 Å². The van der Waals surface area contributed by atoms with Crippen molar-refractivity contribution in [2.45, 2.75) is 0 Å². The first-order valence-electron chi connectivity index (χ1n) is 3.62. The minimum absolute atomic E-state index is 0.355. The van der Waals surface area contributed by atoms with Gasteiger partial charge in [-0.3, -0.25) is 4.79 Å². The second-order valence-electron chi connectivity index (χ2n) is 2.44.